The van der Waals surface area contributed by atoms with E-state index in [0.717, 1.165) is 25.0 Å². The Bertz CT molecular complexity index is 337. The predicted octanol–water partition coefficient (Wildman–Crippen LogP) is 4.44. The topological polar surface area (TPSA) is 35.5 Å². The maximum Gasteiger partial charge on any atom is 0.333 e. The number of hydrogen-bond donors (Lipinski definition) is 0. The van der Waals surface area contributed by atoms with Gasteiger partial charge in [-0.1, -0.05) is 47.6 Å². The van der Waals surface area contributed by atoms with Crippen LogP contribution in [0.15, 0.2) is 11.6 Å². The van der Waals surface area contributed by atoms with Gasteiger partial charge in [-0.3, -0.25) is 0 Å². The zero-order chi connectivity index (χ0) is 15.3. The van der Waals surface area contributed by atoms with Crippen molar-refractivity contribution in [1.82, 2.24) is 0 Å². The lowest BCUT2D eigenvalue weighted by Crippen LogP contribution is -2.47. The summed E-state index contributed by atoms with van der Waals surface area (Å²) in [6.07, 6.45) is 3.56. The third kappa shape index (κ3) is 3.73. The zero-order valence-electron chi connectivity index (χ0n) is 13.9. The van der Waals surface area contributed by atoms with Gasteiger partial charge in [0.05, 0.1) is 6.61 Å². The number of ether oxygens (including phenoxy) is 1. The highest BCUT2D eigenvalue weighted by Crippen LogP contribution is 2.42. The summed E-state index contributed by atoms with van der Waals surface area (Å²) in [4.78, 5) is 11.4. The molecule has 0 saturated carbocycles. The minimum atomic E-state index is -1.77. The third-order valence-corrected chi connectivity index (χ3v) is 10.6. The fraction of sp³-hybridized carbons (Fsp3) is 0.812. The summed E-state index contributed by atoms with van der Waals surface area (Å²) < 4.78 is 11.4. The zero-order valence-corrected chi connectivity index (χ0v) is 14.9. The lowest BCUT2D eigenvalue weighted by molar-refractivity contribution is -0.135. The largest absolute Gasteiger partial charge is 0.462 e. The number of cyclic esters (lactones) is 1. The predicted molar refractivity (Wildman–Crippen MR) is 85.3 cm³/mol. The Balaban J connectivity index is 2.61. The van der Waals surface area contributed by atoms with Crippen LogP contribution >= 0.6 is 0 Å². The molecule has 3 nitrogen and oxygen atoms in total. The summed E-state index contributed by atoms with van der Waals surface area (Å²) in [7, 11) is -1.77. The lowest BCUT2D eigenvalue weighted by atomic mass is 10.2. The standard InChI is InChI=1S/C16H30O3Si/c1-12(2)20(13(3)4,14(5)6)19-10-7-8-15-9-11-18-16(15)17/h8,12-14H,7,9-11H2,1-6H3/b15-8+. The molecule has 4 heteroatoms. The van der Waals surface area contributed by atoms with Gasteiger partial charge in [-0.15, -0.1) is 0 Å². The highest BCUT2D eigenvalue weighted by molar-refractivity contribution is 6.77. The monoisotopic (exact) mass is 298 g/mol. The molecule has 0 unspecified atom stereocenters. The van der Waals surface area contributed by atoms with Gasteiger partial charge in [0.25, 0.3) is 0 Å². The summed E-state index contributed by atoms with van der Waals surface area (Å²) in [6, 6.07) is 0. The summed E-state index contributed by atoms with van der Waals surface area (Å²) in [5.74, 6) is -0.148. The van der Waals surface area contributed by atoms with E-state index >= 15 is 0 Å². The molecule has 0 spiro atoms. The molecule has 1 fully saturated rings. The number of rotatable bonds is 7. The molecule has 0 radical (unpaired) electrons. The third-order valence-electron chi connectivity index (χ3n) is 4.43. The van der Waals surface area contributed by atoms with Gasteiger partial charge in [-0.05, 0) is 23.0 Å². The van der Waals surface area contributed by atoms with Crippen LogP contribution in [0.1, 0.15) is 54.4 Å². The minimum Gasteiger partial charge on any atom is -0.462 e. The molecule has 1 heterocycles. The number of carbonyl (C=O) groups is 1. The minimum absolute atomic E-state index is 0.148. The van der Waals surface area contributed by atoms with Crippen molar-refractivity contribution >= 4 is 14.3 Å². The second-order valence-electron chi connectivity index (χ2n) is 6.57. The van der Waals surface area contributed by atoms with Crippen molar-refractivity contribution in [3.63, 3.8) is 0 Å². The molecule has 0 bridgehead atoms. The summed E-state index contributed by atoms with van der Waals surface area (Å²) >= 11 is 0. The van der Waals surface area contributed by atoms with Gasteiger partial charge in [-0.2, -0.15) is 0 Å². The summed E-state index contributed by atoms with van der Waals surface area (Å²) in [5, 5.41) is 0. The van der Waals surface area contributed by atoms with Crippen LogP contribution in [0, 0.1) is 0 Å². The number of hydrogen-bond acceptors (Lipinski definition) is 3. The molecule has 116 valence electrons. The molecular weight excluding hydrogens is 268 g/mol. The van der Waals surface area contributed by atoms with Crippen molar-refractivity contribution in [2.24, 2.45) is 0 Å². The normalized spacial score (nSPS) is 18.6. The van der Waals surface area contributed by atoms with E-state index < -0.39 is 8.32 Å². The van der Waals surface area contributed by atoms with Crippen LogP contribution in [0.4, 0.5) is 0 Å². The summed E-state index contributed by atoms with van der Waals surface area (Å²) in [6.45, 7) is 15.0. The molecule has 1 aliphatic rings. The number of esters is 1. The van der Waals surface area contributed by atoms with Gasteiger partial charge in [0.2, 0.25) is 0 Å². The molecule has 20 heavy (non-hydrogen) atoms. The van der Waals surface area contributed by atoms with Gasteiger partial charge >= 0.3 is 5.97 Å². The van der Waals surface area contributed by atoms with Gasteiger partial charge < -0.3 is 9.16 Å². The van der Waals surface area contributed by atoms with Crippen LogP contribution in [-0.2, 0) is 14.0 Å². The molecule has 0 amide bonds. The first-order valence-corrected chi connectivity index (χ1v) is 9.96. The fourth-order valence-electron chi connectivity index (χ4n) is 3.60. The van der Waals surface area contributed by atoms with Crippen LogP contribution in [0.3, 0.4) is 0 Å². The Morgan fingerprint density at radius 3 is 2.10 bits per heavy atom. The highest BCUT2D eigenvalue weighted by Gasteiger charge is 2.44. The highest BCUT2D eigenvalue weighted by atomic mass is 28.4. The Labute approximate surface area is 124 Å². The molecule has 0 aromatic rings. The van der Waals surface area contributed by atoms with Crippen molar-refractivity contribution in [3.8, 4) is 0 Å². The first kappa shape index (κ1) is 17.4. The van der Waals surface area contributed by atoms with Gasteiger partial charge in [0, 0.05) is 18.6 Å². The Morgan fingerprint density at radius 1 is 1.15 bits per heavy atom. The quantitative estimate of drug-likeness (QED) is 0.302. The van der Waals surface area contributed by atoms with E-state index in [9.17, 15) is 4.79 Å². The average molecular weight is 298 g/mol. The number of carbonyl (C=O) groups excluding carboxylic acids is 1. The maximum atomic E-state index is 11.4. The average Bonchev–Trinajstić information content (AvgIpc) is 2.73. The van der Waals surface area contributed by atoms with E-state index in [1.807, 2.05) is 6.08 Å². The molecule has 0 aromatic heterocycles. The molecule has 1 saturated heterocycles. The van der Waals surface area contributed by atoms with Crippen molar-refractivity contribution in [1.29, 1.82) is 0 Å². The van der Waals surface area contributed by atoms with Gasteiger partial charge in [-0.25, -0.2) is 4.79 Å². The van der Waals surface area contributed by atoms with Crippen LogP contribution in [-0.4, -0.2) is 27.5 Å². The first-order chi connectivity index (χ1) is 9.32. The molecule has 1 rings (SSSR count). The Morgan fingerprint density at radius 2 is 1.70 bits per heavy atom. The second kappa shape index (κ2) is 7.41. The van der Waals surface area contributed by atoms with Crippen LogP contribution < -0.4 is 0 Å². The SMILES string of the molecule is CC(C)[Si](OCC/C=C1\CCOC1=O)(C(C)C)C(C)C. The molecule has 0 atom stereocenters. The van der Waals surface area contributed by atoms with E-state index in [1.165, 1.54) is 0 Å². The van der Waals surface area contributed by atoms with Crippen LogP contribution in [0.5, 0.6) is 0 Å². The van der Waals surface area contributed by atoms with Crippen molar-refractivity contribution in [3.05, 3.63) is 11.6 Å². The second-order valence-corrected chi connectivity index (χ2v) is 12.0. The van der Waals surface area contributed by atoms with Crippen LogP contribution in [0.2, 0.25) is 16.6 Å². The lowest BCUT2D eigenvalue weighted by Gasteiger charge is -2.42. The van der Waals surface area contributed by atoms with Crippen molar-refractivity contribution in [2.75, 3.05) is 13.2 Å². The maximum absolute atomic E-state index is 11.4. The van der Waals surface area contributed by atoms with Crippen LogP contribution in [0.25, 0.3) is 0 Å². The Kier molecular flexibility index (Phi) is 6.46. The van der Waals surface area contributed by atoms with Gasteiger partial charge in [0.1, 0.15) is 0 Å². The fourth-order valence-corrected chi connectivity index (χ4v) is 9.07. The molecule has 0 N–H and O–H groups in total. The molecule has 1 aliphatic heterocycles. The van der Waals surface area contributed by atoms with Crippen molar-refractivity contribution < 1.29 is 14.0 Å². The van der Waals surface area contributed by atoms with E-state index in [1.54, 1.807) is 0 Å². The van der Waals surface area contributed by atoms with E-state index in [-0.39, 0.29) is 5.97 Å². The van der Waals surface area contributed by atoms with E-state index in [0.29, 0.717) is 23.2 Å². The van der Waals surface area contributed by atoms with E-state index in [2.05, 4.69) is 41.5 Å². The van der Waals surface area contributed by atoms with Gasteiger partial charge in [0.15, 0.2) is 8.32 Å². The smallest absolute Gasteiger partial charge is 0.333 e. The summed E-state index contributed by atoms with van der Waals surface area (Å²) in [5.41, 5.74) is 2.63. The van der Waals surface area contributed by atoms with Crippen molar-refractivity contribution in [2.45, 2.75) is 71.0 Å². The first-order valence-electron chi connectivity index (χ1n) is 7.82. The molecular formula is C16H30O3Si. The molecule has 0 aromatic carbocycles. The molecule has 0 aliphatic carbocycles. The Hall–Kier alpha value is -0.613. The van der Waals surface area contributed by atoms with E-state index in [4.69, 9.17) is 9.16 Å².